The molecule has 0 unspecified atom stereocenters. The zero-order valence-electron chi connectivity index (χ0n) is 9.52. The van der Waals surface area contributed by atoms with E-state index in [1.165, 1.54) is 0 Å². The summed E-state index contributed by atoms with van der Waals surface area (Å²) in [5.41, 5.74) is 0.894. The molecule has 1 aromatic carbocycles. The van der Waals surface area contributed by atoms with E-state index in [1.807, 2.05) is 19.9 Å². The van der Waals surface area contributed by atoms with Gasteiger partial charge in [-0.3, -0.25) is 4.79 Å². The molecule has 5 heteroatoms. The van der Waals surface area contributed by atoms with Crippen molar-refractivity contribution in [2.75, 3.05) is 0 Å². The topological polar surface area (TPSA) is 67.5 Å². The van der Waals surface area contributed by atoms with Crippen LogP contribution in [0, 0.1) is 0 Å². The molecular weight excluding hydrogens is 240 g/mol. The average molecular weight is 252 g/mol. The Morgan fingerprint density at radius 3 is 2.82 bits per heavy atom. The molecule has 0 aliphatic rings. The van der Waals surface area contributed by atoms with E-state index < -0.39 is 11.4 Å². The smallest absolute Gasteiger partial charge is 0.396 e. The first kappa shape index (κ1) is 11.9. The molecule has 0 atom stereocenters. The highest BCUT2D eigenvalue weighted by Crippen LogP contribution is 2.30. The molecule has 0 amide bonds. The summed E-state index contributed by atoms with van der Waals surface area (Å²) in [6, 6.07) is 5.39. The first-order valence-corrected chi connectivity index (χ1v) is 5.96. The summed E-state index contributed by atoms with van der Waals surface area (Å²) in [5.74, 6) is -0.845. The quantitative estimate of drug-likeness (QED) is 0.911. The van der Waals surface area contributed by atoms with Gasteiger partial charge in [-0.25, -0.2) is 4.79 Å². The molecule has 0 saturated carbocycles. The Morgan fingerprint density at radius 1 is 1.47 bits per heavy atom. The van der Waals surface area contributed by atoms with Crippen LogP contribution in [0.3, 0.4) is 0 Å². The van der Waals surface area contributed by atoms with Gasteiger partial charge in [-0.05, 0) is 17.7 Å². The molecule has 4 nitrogen and oxygen atoms in total. The fourth-order valence-corrected chi connectivity index (χ4v) is 2.42. The summed E-state index contributed by atoms with van der Waals surface area (Å²) in [7, 11) is 0. The van der Waals surface area contributed by atoms with E-state index in [0.717, 1.165) is 21.6 Å². The zero-order valence-corrected chi connectivity index (χ0v) is 10.3. The van der Waals surface area contributed by atoms with Crippen molar-refractivity contribution >= 4 is 27.6 Å². The molecule has 1 N–H and O–H groups in total. The van der Waals surface area contributed by atoms with E-state index in [-0.39, 0.29) is 11.4 Å². The largest absolute Gasteiger partial charge is 0.481 e. The van der Waals surface area contributed by atoms with Crippen molar-refractivity contribution in [3.05, 3.63) is 33.5 Å². The van der Waals surface area contributed by atoms with E-state index in [9.17, 15) is 9.59 Å². The molecule has 90 valence electrons. The van der Waals surface area contributed by atoms with Gasteiger partial charge in [0.05, 0.1) is 11.1 Å². The monoisotopic (exact) mass is 252 g/mol. The molecular formula is C12H12O4S. The molecule has 0 aliphatic carbocycles. The van der Waals surface area contributed by atoms with Crippen LogP contribution in [0.1, 0.15) is 25.8 Å². The van der Waals surface area contributed by atoms with Crippen molar-refractivity contribution in [1.82, 2.24) is 0 Å². The maximum absolute atomic E-state index is 11.1. The van der Waals surface area contributed by atoms with E-state index in [1.54, 1.807) is 12.1 Å². The van der Waals surface area contributed by atoms with Gasteiger partial charge >= 0.3 is 10.9 Å². The second kappa shape index (κ2) is 4.00. The summed E-state index contributed by atoms with van der Waals surface area (Å²) < 4.78 is 5.81. The number of carbonyl (C=O) groups is 1. The Kier molecular flexibility index (Phi) is 2.79. The average Bonchev–Trinajstić information content (AvgIpc) is 2.54. The van der Waals surface area contributed by atoms with Crippen molar-refractivity contribution in [2.45, 2.75) is 25.7 Å². The van der Waals surface area contributed by atoms with Crippen LogP contribution in [-0.4, -0.2) is 11.1 Å². The van der Waals surface area contributed by atoms with Crippen molar-refractivity contribution < 1.29 is 14.3 Å². The van der Waals surface area contributed by atoms with Gasteiger partial charge in [0.2, 0.25) is 0 Å². The van der Waals surface area contributed by atoms with Crippen LogP contribution >= 0.6 is 11.3 Å². The summed E-state index contributed by atoms with van der Waals surface area (Å²) in [4.78, 5) is 21.5. The van der Waals surface area contributed by atoms with E-state index in [2.05, 4.69) is 0 Å². The highest BCUT2D eigenvalue weighted by atomic mass is 32.1. The van der Waals surface area contributed by atoms with Crippen molar-refractivity contribution in [3.63, 3.8) is 0 Å². The molecule has 0 aliphatic heterocycles. The van der Waals surface area contributed by atoms with Crippen LogP contribution in [0.4, 0.5) is 0 Å². The number of hydrogen-bond donors (Lipinski definition) is 1. The van der Waals surface area contributed by atoms with Crippen LogP contribution < -0.4 is 4.94 Å². The highest BCUT2D eigenvalue weighted by Gasteiger charge is 2.24. The Balaban J connectivity index is 2.48. The van der Waals surface area contributed by atoms with Crippen LogP contribution in [0.5, 0.6) is 0 Å². The minimum absolute atomic E-state index is 0.0346. The molecule has 0 fully saturated rings. The number of aliphatic carboxylic acids is 1. The number of carboxylic acid groups (broad SMARTS) is 1. The molecule has 2 aromatic rings. The fraction of sp³-hybridized carbons (Fsp3) is 0.333. The van der Waals surface area contributed by atoms with Crippen LogP contribution in [0.25, 0.3) is 10.3 Å². The fourth-order valence-electron chi connectivity index (χ4n) is 1.77. The number of rotatable bonds is 3. The Labute approximate surface area is 102 Å². The predicted molar refractivity (Wildman–Crippen MR) is 65.6 cm³/mol. The van der Waals surface area contributed by atoms with Gasteiger partial charge in [-0.15, -0.1) is 0 Å². The molecule has 1 heterocycles. The predicted octanol–water partition coefficient (Wildman–Crippen LogP) is 2.61. The van der Waals surface area contributed by atoms with E-state index in [0.29, 0.717) is 5.58 Å². The third kappa shape index (κ3) is 2.39. The number of carboxylic acids is 1. The first-order valence-electron chi connectivity index (χ1n) is 5.14. The van der Waals surface area contributed by atoms with Crippen LogP contribution in [0.2, 0.25) is 0 Å². The van der Waals surface area contributed by atoms with Gasteiger partial charge in [-0.2, -0.15) is 0 Å². The molecule has 0 radical (unpaired) electrons. The van der Waals surface area contributed by atoms with Gasteiger partial charge < -0.3 is 9.52 Å². The maximum Gasteiger partial charge on any atom is 0.396 e. The lowest BCUT2D eigenvalue weighted by Crippen LogP contribution is -2.21. The van der Waals surface area contributed by atoms with Gasteiger partial charge in [0.15, 0.2) is 0 Å². The summed E-state index contributed by atoms with van der Waals surface area (Å²) in [6.45, 7) is 3.71. The van der Waals surface area contributed by atoms with Gasteiger partial charge in [0, 0.05) is 5.41 Å². The standard InChI is InChI=1S/C12H12O4S/c1-12(2,6-10(13)14)7-3-4-9-8(5-7)16-11(15)17-9/h3-5H,6H2,1-2H3,(H,13,14). The van der Waals surface area contributed by atoms with Gasteiger partial charge in [0.1, 0.15) is 5.58 Å². The second-order valence-corrected chi connectivity index (χ2v) is 5.55. The van der Waals surface area contributed by atoms with Crippen LogP contribution in [0.15, 0.2) is 27.4 Å². The lowest BCUT2D eigenvalue weighted by molar-refractivity contribution is -0.138. The molecule has 0 spiro atoms. The molecule has 17 heavy (non-hydrogen) atoms. The normalized spacial score (nSPS) is 11.9. The number of fused-ring (bicyclic) bond motifs is 1. The molecule has 0 bridgehead atoms. The minimum Gasteiger partial charge on any atom is -0.481 e. The van der Waals surface area contributed by atoms with Crippen molar-refractivity contribution in [1.29, 1.82) is 0 Å². The molecule has 0 saturated heterocycles. The third-order valence-corrected chi connectivity index (χ3v) is 3.51. The summed E-state index contributed by atoms with van der Waals surface area (Å²) >= 11 is 1.05. The maximum atomic E-state index is 11.1. The van der Waals surface area contributed by atoms with Gasteiger partial charge in [0.25, 0.3) is 0 Å². The Bertz CT molecular complexity index is 621. The zero-order chi connectivity index (χ0) is 12.6. The lowest BCUT2D eigenvalue weighted by atomic mass is 9.81. The molecule has 1 aromatic heterocycles. The van der Waals surface area contributed by atoms with Gasteiger partial charge in [-0.1, -0.05) is 31.3 Å². The summed E-state index contributed by atoms with van der Waals surface area (Å²) in [5, 5.41) is 8.86. The summed E-state index contributed by atoms with van der Waals surface area (Å²) in [6.07, 6.45) is 0.0346. The number of benzene rings is 1. The third-order valence-electron chi connectivity index (χ3n) is 2.70. The highest BCUT2D eigenvalue weighted by molar-refractivity contribution is 7.16. The number of hydrogen-bond acceptors (Lipinski definition) is 4. The Hall–Kier alpha value is -1.62. The lowest BCUT2D eigenvalue weighted by Gasteiger charge is -2.22. The SMILES string of the molecule is CC(C)(CC(=O)O)c1ccc2sc(=O)oc2c1. The van der Waals surface area contributed by atoms with Crippen LogP contribution in [-0.2, 0) is 10.2 Å². The molecule has 2 rings (SSSR count). The van der Waals surface area contributed by atoms with Crippen molar-refractivity contribution in [3.8, 4) is 0 Å². The minimum atomic E-state index is -0.845. The van der Waals surface area contributed by atoms with E-state index in [4.69, 9.17) is 9.52 Å². The van der Waals surface area contributed by atoms with E-state index >= 15 is 0 Å². The Morgan fingerprint density at radius 2 is 2.18 bits per heavy atom. The first-order chi connectivity index (χ1) is 7.88. The van der Waals surface area contributed by atoms with Crippen molar-refractivity contribution in [2.24, 2.45) is 0 Å². The second-order valence-electron chi connectivity index (χ2n) is 4.57.